The molecule has 0 radical (unpaired) electrons. The third kappa shape index (κ3) is 1.97. The van der Waals surface area contributed by atoms with Crippen LogP contribution in [0.25, 0.3) is 0 Å². The summed E-state index contributed by atoms with van der Waals surface area (Å²) in [5.74, 6) is 0. The zero-order valence-electron chi connectivity index (χ0n) is 7.80. The topological polar surface area (TPSA) is 56.7 Å². The van der Waals surface area contributed by atoms with Crippen LogP contribution in [0.15, 0.2) is 36.9 Å². The standard InChI is InChI=1S/C10H12N4/c11-5-9-2-1-3-10(4-9)6-14-8-12-7-13-14/h1-4,7-8H,5-6,11H2. The monoisotopic (exact) mass is 188 g/mol. The minimum absolute atomic E-state index is 0.575. The fraction of sp³-hybridized carbons (Fsp3) is 0.200. The molecule has 1 aromatic carbocycles. The molecule has 72 valence electrons. The van der Waals surface area contributed by atoms with Crippen LogP contribution in [0.2, 0.25) is 0 Å². The highest BCUT2D eigenvalue weighted by Crippen LogP contribution is 2.05. The van der Waals surface area contributed by atoms with E-state index < -0.39 is 0 Å². The molecule has 0 saturated heterocycles. The molecule has 4 nitrogen and oxygen atoms in total. The second-order valence-corrected chi connectivity index (χ2v) is 3.12. The van der Waals surface area contributed by atoms with E-state index in [1.165, 1.54) is 11.9 Å². The molecule has 0 fully saturated rings. The van der Waals surface area contributed by atoms with Gasteiger partial charge in [-0.25, -0.2) is 9.67 Å². The Kier molecular flexibility index (Phi) is 2.55. The number of hydrogen-bond donors (Lipinski definition) is 1. The summed E-state index contributed by atoms with van der Waals surface area (Å²) >= 11 is 0. The van der Waals surface area contributed by atoms with E-state index in [9.17, 15) is 0 Å². The maximum Gasteiger partial charge on any atom is 0.137 e. The molecular formula is C10H12N4. The number of rotatable bonds is 3. The third-order valence-electron chi connectivity index (χ3n) is 2.04. The Balaban J connectivity index is 2.17. The smallest absolute Gasteiger partial charge is 0.137 e. The highest BCUT2D eigenvalue weighted by molar-refractivity contribution is 5.23. The van der Waals surface area contributed by atoms with Crippen LogP contribution >= 0.6 is 0 Å². The minimum Gasteiger partial charge on any atom is -0.326 e. The average Bonchev–Trinajstić information content (AvgIpc) is 2.71. The van der Waals surface area contributed by atoms with Crippen molar-refractivity contribution in [1.82, 2.24) is 14.8 Å². The summed E-state index contributed by atoms with van der Waals surface area (Å²) in [5, 5.41) is 4.04. The van der Waals surface area contributed by atoms with Crippen molar-refractivity contribution in [1.29, 1.82) is 0 Å². The molecule has 0 bridgehead atoms. The van der Waals surface area contributed by atoms with Crippen molar-refractivity contribution in [2.45, 2.75) is 13.1 Å². The number of nitrogens with zero attached hydrogens (tertiary/aromatic N) is 3. The Morgan fingerprint density at radius 2 is 2.14 bits per heavy atom. The van der Waals surface area contributed by atoms with Gasteiger partial charge < -0.3 is 5.73 Å². The molecule has 14 heavy (non-hydrogen) atoms. The van der Waals surface area contributed by atoms with Gasteiger partial charge in [-0.1, -0.05) is 24.3 Å². The van der Waals surface area contributed by atoms with E-state index in [2.05, 4.69) is 22.2 Å². The van der Waals surface area contributed by atoms with Crippen molar-refractivity contribution >= 4 is 0 Å². The van der Waals surface area contributed by atoms with Crippen molar-refractivity contribution in [3.8, 4) is 0 Å². The molecule has 0 aliphatic carbocycles. The normalized spacial score (nSPS) is 10.4. The van der Waals surface area contributed by atoms with Gasteiger partial charge in [0.05, 0.1) is 6.54 Å². The van der Waals surface area contributed by atoms with Crippen LogP contribution < -0.4 is 5.73 Å². The molecule has 2 aromatic rings. The zero-order valence-corrected chi connectivity index (χ0v) is 7.80. The molecule has 0 atom stereocenters. The summed E-state index contributed by atoms with van der Waals surface area (Å²) in [7, 11) is 0. The van der Waals surface area contributed by atoms with Crippen LogP contribution in [0.4, 0.5) is 0 Å². The van der Waals surface area contributed by atoms with Crippen LogP contribution in [0, 0.1) is 0 Å². The molecular weight excluding hydrogens is 176 g/mol. The lowest BCUT2D eigenvalue weighted by Crippen LogP contribution is -2.02. The number of aromatic nitrogens is 3. The lowest BCUT2D eigenvalue weighted by molar-refractivity contribution is 0.684. The van der Waals surface area contributed by atoms with E-state index in [0.717, 1.165) is 12.1 Å². The fourth-order valence-electron chi connectivity index (χ4n) is 1.36. The van der Waals surface area contributed by atoms with Gasteiger partial charge in [-0.05, 0) is 11.1 Å². The second kappa shape index (κ2) is 4.02. The third-order valence-corrected chi connectivity index (χ3v) is 2.04. The first kappa shape index (κ1) is 8.90. The van der Waals surface area contributed by atoms with Crippen LogP contribution in [0.1, 0.15) is 11.1 Å². The van der Waals surface area contributed by atoms with Crippen molar-refractivity contribution in [2.24, 2.45) is 5.73 Å². The Morgan fingerprint density at radius 1 is 1.29 bits per heavy atom. The van der Waals surface area contributed by atoms with Gasteiger partial charge in [0.15, 0.2) is 0 Å². The van der Waals surface area contributed by atoms with E-state index in [1.807, 2.05) is 12.1 Å². The molecule has 1 heterocycles. The van der Waals surface area contributed by atoms with Crippen molar-refractivity contribution < 1.29 is 0 Å². The van der Waals surface area contributed by atoms with Gasteiger partial charge in [0.2, 0.25) is 0 Å². The SMILES string of the molecule is NCc1cccc(Cn2cncn2)c1. The number of benzene rings is 1. The minimum atomic E-state index is 0.575. The van der Waals surface area contributed by atoms with Gasteiger partial charge in [0.25, 0.3) is 0 Å². The van der Waals surface area contributed by atoms with E-state index in [1.54, 1.807) is 11.0 Å². The zero-order chi connectivity index (χ0) is 9.80. The largest absolute Gasteiger partial charge is 0.326 e. The Hall–Kier alpha value is -1.68. The summed E-state index contributed by atoms with van der Waals surface area (Å²) in [6.45, 7) is 1.32. The van der Waals surface area contributed by atoms with Crippen LogP contribution in [-0.4, -0.2) is 14.8 Å². The van der Waals surface area contributed by atoms with Crippen molar-refractivity contribution in [3.05, 3.63) is 48.0 Å². The van der Waals surface area contributed by atoms with Crippen LogP contribution in [0.5, 0.6) is 0 Å². The van der Waals surface area contributed by atoms with Crippen LogP contribution in [0.3, 0.4) is 0 Å². The first-order valence-electron chi connectivity index (χ1n) is 4.49. The maximum absolute atomic E-state index is 5.56. The van der Waals surface area contributed by atoms with E-state index in [4.69, 9.17) is 5.73 Å². The average molecular weight is 188 g/mol. The van der Waals surface area contributed by atoms with Crippen molar-refractivity contribution in [3.63, 3.8) is 0 Å². The molecule has 0 saturated carbocycles. The van der Waals surface area contributed by atoms with Crippen molar-refractivity contribution in [2.75, 3.05) is 0 Å². The molecule has 0 spiro atoms. The Morgan fingerprint density at radius 3 is 2.86 bits per heavy atom. The molecule has 2 rings (SSSR count). The lowest BCUT2D eigenvalue weighted by Gasteiger charge is -2.03. The summed E-state index contributed by atoms with van der Waals surface area (Å²) in [6.07, 6.45) is 3.24. The summed E-state index contributed by atoms with van der Waals surface area (Å²) < 4.78 is 1.79. The molecule has 0 unspecified atom stereocenters. The number of hydrogen-bond acceptors (Lipinski definition) is 3. The van der Waals surface area contributed by atoms with Gasteiger partial charge in [-0.2, -0.15) is 5.10 Å². The molecule has 2 N–H and O–H groups in total. The Bertz CT molecular complexity index is 394. The molecule has 0 aliphatic rings. The first-order valence-corrected chi connectivity index (χ1v) is 4.49. The first-order chi connectivity index (χ1) is 6.88. The van der Waals surface area contributed by atoms with Gasteiger partial charge in [0, 0.05) is 6.54 Å². The van der Waals surface area contributed by atoms with Crippen LogP contribution in [-0.2, 0) is 13.1 Å². The number of nitrogens with two attached hydrogens (primary N) is 1. The predicted octanol–water partition coefficient (Wildman–Crippen LogP) is 0.785. The van der Waals surface area contributed by atoms with E-state index in [-0.39, 0.29) is 0 Å². The van der Waals surface area contributed by atoms with Gasteiger partial charge >= 0.3 is 0 Å². The predicted molar refractivity (Wildman–Crippen MR) is 53.5 cm³/mol. The Labute approximate surface area is 82.4 Å². The summed E-state index contributed by atoms with van der Waals surface area (Å²) in [6, 6.07) is 8.17. The highest BCUT2D eigenvalue weighted by atomic mass is 15.3. The molecule has 0 amide bonds. The van der Waals surface area contributed by atoms with Gasteiger partial charge in [-0.3, -0.25) is 0 Å². The second-order valence-electron chi connectivity index (χ2n) is 3.12. The van der Waals surface area contributed by atoms with Gasteiger partial charge in [0.1, 0.15) is 12.7 Å². The van der Waals surface area contributed by atoms with Gasteiger partial charge in [-0.15, -0.1) is 0 Å². The van der Waals surface area contributed by atoms with E-state index >= 15 is 0 Å². The summed E-state index contributed by atoms with van der Waals surface area (Å²) in [4.78, 5) is 3.89. The fourth-order valence-corrected chi connectivity index (χ4v) is 1.36. The van der Waals surface area contributed by atoms with E-state index in [0.29, 0.717) is 6.54 Å². The maximum atomic E-state index is 5.56. The quantitative estimate of drug-likeness (QED) is 0.774. The summed E-state index contributed by atoms with van der Waals surface area (Å²) in [5.41, 5.74) is 7.89. The highest BCUT2D eigenvalue weighted by Gasteiger charge is 1.96. The molecule has 1 aromatic heterocycles. The lowest BCUT2D eigenvalue weighted by atomic mass is 10.1. The molecule has 0 aliphatic heterocycles. The molecule has 4 heteroatoms.